The molecule has 0 radical (unpaired) electrons. The molecule has 1 aromatic rings. The average Bonchev–Trinajstić information content (AvgIpc) is 3.10. The number of anilines is 2. The van der Waals surface area contributed by atoms with Gasteiger partial charge in [-0.05, 0) is 50.4 Å². The van der Waals surface area contributed by atoms with Gasteiger partial charge in [0.05, 0.1) is 0 Å². The Bertz CT molecular complexity index is 500. The third-order valence-corrected chi connectivity index (χ3v) is 5.32. The highest BCUT2D eigenvalue weighted by Crippen LogP contribution is 2.48. The molecule has 0 saturated heterocycles. The van der Waals surface area contributed by atoms with Gasteiger partial charge in [-0.3, -0.25) is 0 Å². The first-order valence-corrected chi connectivity index (χ1v) is 8.50. The highest BCUT2D eigenvalue weighted by molar-refractivity contribution is 5.57. The van der Waals surface area contributed by atoms with Crippen molar-refractivity contribution in [2.45, 2.75) is 52.4 Å². The van der Waals surface area contributed by atoms with E-state index in [0.717, 1.165) is 60.2 Å². The van der Waals surface area contributed by atoms with Crippen molar-refractivity contribution in [1.29, 1.82) is 0 Å². The summed E-state index contributed by atoms with van der Waals surface area (Å²) in [6.45, 7) is 5.35. The maximum atomic E-state index is 4.73. The molecule has 0 aromatic carbocycles. The van der Waals surface area contributed by atoms with Gasteiger partial charge >= 0.3 is 0 Å². The fraction of sp³-hybridized carbons (Fsp3) is 0.765. The largest absolute Gasteiger partial charge is 0.373 e. The standard InChI is InChI=1S/C17H28N4/c1-4-5-15-20-16(18-3)11(2)17(21-15)19-10-14-9-12-6-7-13(14)8-12/h12-14H,4-10H2,1-3H3,(H2,18,19,20,21). The average molecular weight is 288 g/mol. The minimum absolute atomic E-state index is 0.853. The summed E-state index contributed by atoms with van der Waals surface area (Å²) >= 11 is 0. The second-order valence-corrected chi connectivity index (χ2v) is 6.78. The van der Waals surface area contributed by atoms with E-state index in [1.807, 2.05) is 7.05 Å². The molecule has 4 heteroatoms. The maximum Gasteiger partial charge on any atom is 0.134 e. The lowest BCUT2D eigenvalue weighted by atomic mass is 9.89. The Labute approximate surface area is 128 Å². The summed E-state index contributed by atoms with van der Waals surface area (Å²) in [6, 6.07) is 0. The molecule has 2 aliphatic rings. The molecule has 0 amide bonds. The summed E-state index contributed by atoms with van der Waals surface area (Å²) in [5.41, 5.74) is 1.14. The molecule has 116 valence electrons. The van der Waals surface area contributed by atoms with Gasteiger partial charge in [-0.25, -0.2) is 9.97 Å². The van der Waals surface area contributed by atoms with Crippen LogP contribution >= 0.6 is 0 Å². The highest BCUT2D eigenvalue weighted by atomic mass is 15.1. The minimum Gasteiger partial charge on any atom is -0.373 e. The van der Waals surface area contributed by atoms with Gasteiger partial charge < -0.3 is 10.6 Å². The molecule has 21 heavy (non-hydrogen) atoms. The Balaban J connectivity index is 1.70. The van der Waals surface area contributed by atoms with Crippen LogP contribution in [0.15, 0.2) is 0 Å². The summed E-state index contributed by atoms with van der Waals surface area (Å²) < 4.78 is 0. The van der Waals surface area contributed by atoms with E-state index in [1.165, 1.54) is 25.7 Å². The molecular weight excluding hydrogens is 260 g/mol. The quantitative estimate of drug-likeness (QED) is 0.839. The zero-order valence-electron chi connectivity index (χ0n) is 13.6. The second kappa shape index (κ2) is 6.20. The van der Waals surface area contributed by atoms with Crippen LogP contribution in [0.25, 0.3) is 0 Å². The van der Waals surface area contributed by atoms with Crippen molar-refractivity contribution in [2.24, 2.45) is 17.8 Å². The normalized spacial score (nSPS) is 27.1. The smallest absolute Gasteiger partial charge is 0.134 e. The van der Waals surface area contributed by atoms with Crippen LogP contribution in [0, 0.1) is 24.7 Å². The fourth-order valence-electron chi connectivity index (χ4n) is 4.17. The summed E-state index contributed by atoms with van der Waals surface area (Å²) in [5.74, 6) is 5.76. The van der Waals surface area contributed by atoms with Crippen LogP contribution in [-0.2, 0) is 6.42 Å². The number of hydrogen-bond donors (Lipinski definition) is 2. The van der Waals surface area contributed by atoms with Crippen molar-refractivity contribution in [3.8, 4) is 0 Å². The molecule has 1 aromatic heterocycles. The summed E-state index contributed by atoms with van der Waals surface area (Å²) in [7, 11) is 1.94. The second-order valence-electron chi connectivity index (χ2n) is 6.78. The number of nitrogens with one attached hydrogen (secondary N) is 2. The first-order valence-electron chi connectivity index (χ1n) is 8.50. The first-order chi connectivity index (χ1) is 10.2. The van der Waals surface area contributed by atoms with Crippen molar-refractivity contribution in [3.63, 3.8) is 0 Å². The molecule has 4 nitrogen and oxygen atoms in total. The fourth-order valence-corrected chi connectivity index (χ4v) is 4.17. The van der Waals surface area contributed by atoms with Gasteiger partial charge in [0.25, 0.3) is 0 Å². The van der Waals surface area contributed by atoms with Crippen molar-refractivity contribution in [2.75, 3.05) is 24.2 Å². The van der Waals surface area contributed by atoms with Gasteiger partial charge in [0.15, 0.2) is 0 Å². The minimum atomic E-state index is 0.853. The van der Waals surface area contributed by atoms with Crippen LogP contribution in [0.2, 0.25) is 0 Å². The van der Waals surface area contributed by atoms with Crippen molar-refractivity contribution >= 4 is 11.6 Å². The number of rotatable bonds is 6. The molecular formula is C17H28N4. The number of hydrogen-bond acceptors (Lipinski definition) is 4. The third-order valence-electron chi connectivity index (χ3n) is 5.32. The molecule has 0 aliphatic heterocycles. The number of nitrogens with zero attached hydrogens (tertiary/aromatic N) is 2. The Morgan fingerprint density at radius 3 is 2.57 bits per heavy atom. The van der Waals surface area contributed by atoms with Gasteiger partial charge in [-0.2, -0.15) is 0 Å². The molecule has 2 saturated carbocycles. The van der Waals surface area contributed by atoms with Crippen LogP contribution in [0.5, 0.6) is 0 Å². The van der Waals surface area contributed by atoms with Crippen LogP contribution in [0.4, 0.5) is 11.6 Å². The van der Waals surface area contributed by atoms with E-state index in [2.05, 4.69) is 29.5 Å². The lowest BCUT2D eigenvalue weighted by Crippen LogP contribution is -2.21. The lowest BCUT2D eigenvalue weighted by molar-refractivity contribution is 0.348. The molecule has 2 N–H and O–H groups in total. The molecule has 3 unspecified atom stereocenters. The van der Waals surface area contributed by atoms with Crippen LogP contribution in [0.1, 0.15) is 50.4 Å². The van der Waals surface area contributed by atoms with E-state index in [0.29, 0.717) is 0 Å². The van der Waals surface area contributed by atoms with Gasteiger partial charge in [-0.15, -0.1) is 0 Å². The van der Waals surface area contributed by atoms with E-state index >= 15 is 0 Å². The molecule has 2 fully saturated rings. The zero-order valence-corrected chi connectivity index (χ0v) is 13.6. The number of aryl methyl sites for hydroxylation is 1. The van der Waals surface area contributed by atoms with E-state index in [4.69, 9.17) is 4.98 Å². The van der Waals surface area contributed by atoms with Gasteiger partial charge in [0.2, 0.25) is 0 Å². The van der Waals surface area contributed by atoms with Gasteiger partial charge in [0, 0.05) is 25.6 Å². The predicted octanol–water partition coefficient (Wildman–Crippen LogP) is 3.63. The Morgan fingerprint density at radius 1 is 1.14 bits per heavy atom. The Kier molecular flexibility index (Phi) is 4.32. The Morgan fingerprint density at radius 2 is 1.95 bits per heavy atom. The summed E-state index contributed by atoms with van der Waals surface area (Å²) in [4.78, 5) is 9.33. The summed E-state index contributed by atoms with van der Waals surface area (Å²) in [6.07, 6.45) is 7.83. The van der Waals surface area contributed by atoms with E-state index in [1.54, 1.807) is 0 Å². The SMILES string of the molecule is CCCc1nc(NC)c(C)c(NCC2CC3CCC2C3)n1. The summed E-state index contributed by atoms with van der Waals surface area (Å²) in [5, 5.41) is 6.82. The predicted molar refractivity (Wildman–Crippen MR) is 87.7 cm³/mol. The highest BCUT2D eigenvalue weighted by Gasteiger charge is 2.39. The molecule has 2 aliphatic carbocycles. The monoisotopic (exact) mass is 288 g/mol. The van der Waals surface area contributed by atoms with E-state index < -0.39 is 0 Å². The van der Waals surface area contributed by atoms with Crippen molar-refractivity contribution in [1.82, 2.24) is 9.97 Å². The number of fused-ring (bicyclic) bond motifs is 2. The molecule has 2 bridgehead atoms. The van der Waals surface area contributed by atoms with Gasteiger partial charge in [0.1, 0.15) is 17.5 Å². The lowest BCUT2D eigenvalue weighted by Gasteiger charge is -2.23. The number of aromatic nitrogens is 2. The van der Waals surface area contributed by atoms with Crippen LogP contribution in [0.3, 0.4) is 0 Å². The molecule has 3 atom stereocenters. The van der Waals surface area contributed by atoms with Crippen molar-refractivity contribution in [3.05, 3.63) is 11.4 Å². The third kappa shape index (κ3) is 2.99. The van der Waals surface area contributed by atoms with E-state index in [-0.39, 0.29) is 0 Å². The molecule has 0 spiro atoms. The Hall–Kier alpha value is -1.32. The van der Waals surface area contributed by atoms with Crippen LogP contribution < -0.4 is 10.6 Å². The molecule has 3 rings (SSSR count). The first kappa shape index (κ1) is 14.6. The zero-order chi connectivity index (χ0) is 14.8. The van der Waals surface area contributed by atoms with E-state index in [9.17, 15) is 0 Å². The van der Waals surface area contributed by atoms with Crippen molar-refractivity contribution < 1.29 is 0 Å². The van der Waals surface area contributed by atoms with Gasteiger partial charge in [-0.1, -0.05) is 13.3 Å². The maximum absolute atomic E-state index is 4.73. The topological polar surface area (TPSA) is 49.8 Å². The van der Waals surface area contributed by atoms with Crippen LogP contribution in [-0.4, -0.2) is 23.6 Å². The molecule has 1 heterocycles.